The SMILES string of the molecule is CCOc1ccc(NC(=O)C(C)Cl)cc1. The Morgan fingerprint density at radius 2 is 2.07 bits per heavy atom. The number of carbonyl (C=O) groups excluding carboxylic acids is 1. The standard InChI is InChI=1S/C11H14ClNO2/c1-3-15-10-6-4-9(5-7-10)13-11(14)8(2)12/h4-8H,3H2,1-2H3,(H,13,14). The molecule has 1 atom stereocenters. The van der Waals surface area contributed by atoms with E-state index in [2.05, 4.69) is 5.32 Å². The van der Waals surface area contributed by atoms with Gasteiger partial charge >= 0.3 is 0 Å². The van der Waals surface area contributed by atoms with Crippen LogP contribution in [0.15, 0.2) is 24.3 Å². The van der Waals surface area contributed by atoms with E-state index in [4.69, 9.17) is 16.3 Å². The van der Waals surface area contributed by atoms with E-state index in [1.54, 1.807) is 31.2 Å². The molecule has 0 aliphatic rings. The highest BCUT2D eigenvalue weighted by Crippen LogP contribution is 2.16. The summed E-state index contributed by atoms with van der Waals surface area (Å²) >= 11 is 5.62. The first-order chi connectivity index (χ1) is 7.13. The highest BCUT2D eigenvalue weighted by Gasteiger charge is 2.08. The van der Waals surface area contributed by atoms with Crippen LogP contribution in [-0.2, 0) is 4.79 Å². The Hall–Kier alpha value is -1.22. The molecule has 0 aliphatic carbocycles. The average molecular weight is 228 g/mol. The predicted molar refractivity (Wildman–Crippen MR) is 61.6 cm³/mol. The van der Waals surface area contributed by atoms with Gasteiger partial charge in [-0.1, -0.05) is 0 Å². The van der Waals surface area contributed by atoms with E-state index in [0.717, 1.165) is 11.4 Å². The molecular weight excluding hydrogens is 214 g/mol. The third-order valence-electron chi connectivity index (χ3n) is 1.79. The largest absolute Gasteiger partial charge is 0.494 e. The number of hydrogen-bond donors (Lipinski definition) is 1. The molecule has 1 N–H and O–H groups in total. The molecule has 1 aromatic rings. The number of hydrogen-bond acceptors (Lipinski definition) is 2. The zero-order chi connectivity index (χ0) is 11.3. The van der Waals surface area contributed by atoms with Gasteiger partial charge in [-0.25, -0.2) is 0 Å². The summed E-state index contributed by atoms with van der Waals surface area (Å²) in [6.45, 7) is 4.18. The van der Waals surface area contributed by atoms with Gasteiger partial charge in [-0.15, -0.1) is 11.6 Å². The second-order valence-corrected chi connectivity index (χ2v) is 3.72. The van der Waals surface area contributed by atoms with Gasteiger partial charge in [-0.3, -0.25) is 4.79 Å². The second kappa shape index (κ2) is 5.61. The van der Waals surface area contributed by atoms with Crippen molar-refractivity contribution in [1.82, 2.24) is 0 Å². The summed E-state index contributed by atoms with van der Waals surface area (Å²) in [6, 6.07) is 7.17. The van der Waals surface area contributed by atoms with E-state index in [0.29, 0.717) is 6.61 Å². The summed E-state index contributed by atoms with van der Waals surface area (Å²) in [5.41, 5.74) is 0.718. The van der Waals surface area contributed by atoms with Gasteiger partial charge in [0.25, 0.3) is 0 Å². The van der Waals surface area contributed by atoms with Crippen molar-refractivity contribution in [3.8, 4) is 5.75 Å². The van der Waals surface area contributed by atoms with Crippen LogP contribution in [0.1, 0.15) is 13.8 Å². The van der Waals surface area contributed by atoms with Gasteiger partial charge in [0.2, 0.25) is 5.91 Å². The minimum absolute atomic E-state index is 0.208. The molecule has 1 rings (SSSR count). The molecule has 0 radical (unpaired) electrons. The Balaban J connectivity index is 2.60. The number of halogens is 1. The monoisotopic (exact) mass is 227 g/mol. The van der Waals surface area contributed by atoms with E-state index in [1.165, 1.54) is 0 Å². The maximum Gasteiger partial charge on any atom is 0.242 e. The first kappa shape index (κ1) is 11.9. The number of benzene rings is 1. The van der Waals surface area contributed by atoms with Crippen molar-refractivity contribution in [1.29, 1.82) is 0 Å². The molecule has 0 saturated carbocycles. The molecular formula is C11H14ClNO2. The molecule has 15 heavy (non-hydrogen) atoms. The number of nitrogens with one attached hydrogen (secondary N) is 1. The van der Waals surface area contributed by atoms with Crippen molar-refractivity contribution < 1.29 is 9.53 Å². The highest BCUT2D eigenvalue weighted by atomic mass is 35.5. The van der Waals surface area contributed by atoms with Gasteiger partial charge in [-0.05, 0) is 38.1 Å². The summed E-state index contributed by atoms with van der Waals surface area (Å²) in [4.78, 5) is 11.2. The molecule has 82 valence electrons. The van der Waals surface area contributed by atoms with Crippen LogP contribution in [0.3, 0.4) is 0 Å². The minimum Gasteiger partial charge on any atom is -0.494 e. The number of ether oxygens (including phenoxy) is 1. The lowest BCUT2D eigenvalue weighted by molar-refractivity contribution is -0.115. The van der Waals surface area contributed by atoms with Crippen molar-refractivity contribution in [3.05, 3.63) is 24.3 Å². The van der Waals surface area contributed by atoms with Crippen molar-refractivity contribution in [2.45, 2.75) is 19.2 Å². The number of rotatable bonds is 4. The molecule has 0 heterocycles. The van der Waals surface area contributed by atoms with Crippen LogP contribution in [0.2, 0.25) is 0 Å². The van der Waals surface area contributed by atoms with Gasteiger partial charge < -0.3 is 10.1 Å². The van der Waals surface area contributed by atoms with Crippen molar-refractivity contribution in [2.75, 3.05) is 11.9 Å². The zero-order valence-electron chi connectivity index (χ0n) is 8.79. The van der Waals surface area contributed by atoms with E-state index in [1.807, 2.05) is 6.92 Å². The van der Waals surface area contributed by atoms with Gasteiger partial charge in [0.05, 0.1) is 6.61 Å². The third kappa shape index (κ3) is 3.80. The zero-order valence-corrected chi connectivity index (χ0v) is 9.54. The maximum atomic E-state index is 11.2. The Labute approximate surface area is 94.4 Å². The molecule has 0 saturated heterocycles. The first-order valence-electron chi connectivity index (χ1n) is 4.81. The number of amides is 1. The molecule has 0 aliphatic heterocycles. The molecule has 0 aromatic heterocycles. The lowest BCUT2D eigenvalue weighted by Gasteiger charge is -2.07. The summed E-state index contributed by atoms with van der Waals surface area (Å²) in [5, 5.41) is 2.15. The molecule has 4 heteroatoms. The fraction of sp³-hybridized carbons (Fsp3) is 0.364. The van der Waals surface area contributed by atoms with Crippen molar-refractivity contribution >= 4 is 23.2 Å². The minimum atomic E-state index is -0.531. The number of alkyl halides is 1. The van der Waals surface area contributed by atoms with Gasteiger partial charge in [-0.2, -0.15) is 0 Å². The topological polar surface area (TPSA) is 38.3 Å². The van der Waals surface area contributed by atoms with Gasteiger partial charge in [0.1, 0.15) is 11.1 Å². The van der Waals surface area contributed by atoms with Crippen LogP contribution in [0.4, 0.5) is 5.69 Å². The Kier molecular flexibility index (Phi) is 4.43. The van der Waals surface area contributed by atoms with Crippen LogP contribution in [-0.4, -0.2) is 17.9 Å². The van der Waals surface area contributed by atoms with E-state index in [9.17, 15) is 4.79 Å². The summed E-state index contributed by atoms with van der Waals surface area (Å²) in [7, 11) is 0. The Morgan fingerprint density at radius 3 is 2.53 bits per heavy atom. The Bertz CT molecular complexity index is 322. The van der Waals surface area contributed by atoms with Crippen molar-refractivity contribution in [2.24, 2.45) is 0 Å². The molecule has 0 fully saturated rings. The van der Waals surface area contributed by atoms with Crippen LogP contribution >= 0.6 is 11.6 Å². The second-order valence-electron chi connectivity index (χ2n) is 3.06. The van der Waals surface area contributed by atoms with Crippen LogP contribution in [0.25, 0.3) is 0 Å². The summed E-state index contributed by atoms with van der Waals surface area (Å²) in [6.07, 6.45) is 0. The summed E-state index contributed by atoms with van der Waals surface area (Å²) < 4.78 is 5.27. The highest BCUT2D eigenvalue weighted by molar-refractivity contribution is 6.32. The number of anilines is 1. The quantitative estimate of drug-likeness (QED) is 0.804. The Morgan fingerprint density at radius 1 is 1.47 bits per heavy atom. The molecule has 0 spiro atoms. The van der Waals surface area contributed by atoms with Gasteiger partial charge in [0.15, 0.2) is 0 Å². The molecule has 1 amide bonds. The molecule has 0 bridgehead atoms. The lowest BCUT2D eigenvalue weighted by Crippen LogP contribution is -2.20. The predicted octanol–water partition coefficient (Wildman–Crippen LogP) is 2.65. The fourth-order valence-corrected chi connectivity index (χ4v) is 1.10. The van der Waals surface area contributed by atoms with E-state index >= 15 is 0 Å². The van der Waals surface area contributed by atoms with E-state index in [-0.39, 0.29) is 5.91 Å². The van der Waals surface area contributed by atoms with Crippen LogP contribution < -0.4 is 10.1 Å². The maximum absolute atomic E-state index is 11.2. The van der Waals surface area contributed by atoms with Crippen LogP contribution in [0.5, 0.6) is 5.75 Å². The van der Waals surface area contributed by atoms with Crippen LogP contribution in [0, 0.1) is 0 Å². The normalized spacial score (nSPS) is 11.9. The van der Waals surface area contributed by atoms with Crippen molar-refractivity contribution in [3.63, 3.8) is 0 Å². The van der Waals surface area contributed by atoms with E-state index < -0.39 is 5.38 Å². The smallest absolute Gasteiger partial charge is 0.242 e. The average Bonchev–Trinajstić information content (AvgIpc) is 2.21. The van der Waals surface area contributed by atoms with Gasteiger partial charge in [0, 0.05) is 5.69 Å². The molecule has 1 unspecified atom stereocenters. The fourth-order valence-electron chi connectivity index (χ4n) is 1.04. The summed E-state index contributed by atoms with van der Waals surface area (Å²) in [5.74, 6) is 0.579. The number of carbonyl (C=O) groups is 1. The molecule has 1 aromatic carbocycles. The lowest BCUT2D eigenvalue weighted by atomic mass is 10.3. The molecule has 3 nitrogen and oxygen atoms in total. The first-order valence-corrected chi connectivity index (χ1v) is 5.25. The third-order valence-corrected chi connectivity index (χ3v) is 1.99.